The standard InChI is InChI=1S/C16H16BrNO3S/c1-20-14-8-7-13(9-15(14)21-2)22-10-18-16(19)11-3-5-12(17)6-4-11/h3-9H,10H2,1-2H3,(H,18,19). The van der Waals surface area contributed by atoms with Gasteiger partial charge in [-0.1, -0.05) is 15.9 Å². The number of benzene rings is 2. The molecule has 2 aromatic rings. The van der Waals surface area contributed by atoms with Crippen LogP contribution in [0.15, 0.2) is 51.8 Å². The van der Waals surface area contributed by atoms with Gasteiger partial charge in [0.05, 0.1) is 20.1 Å². The fourth-order valence-electron chi connectivity index (χ4n) is 1.79. The maximum Gasteiger partial charge on any atom is 0.251 e. The van der Waals surface area contributed by atoms with E-state index in [2.05, 4.69) is 21.2 Å². The van der Waals surface area contributed by atoms with Crippen LogP contribution < -0.4 is 14.8 Å². The zero-order valence-electron chi connectivity index (χ0n) is 12.3. The highest BCUT2D eigenvalue weighted by Crippen LogP contribution is 2.31. The summed E-state index contributed by atoms with van der Waals surface area (Å²) in [6.07, 6.45) is 0. The first-order chi connectivity index (χ1) is 10.6. The van der Waals surface area contributed by atoms with Gasteiger partial charge in [-0.3, -0.25) is 4.79 Å². The van der Waals surface area contributed by atoms with Crippen molar-refractivity contribution in [3.8, 4) is 11.5 Å². The molecule has 0 aliphatic rings. The quantitative estimate of drug-likeness (QED) is 0.607. The number of thioether (sulfide) groups is 1. The first-order valence-corrected chi connectivity index (χ1v) is 8.30. The number of rotatable bonds is 6. The molecule has 0 aliphatic heterocycles. The van der Waals surface area contributed by atoms with Gasteiger partial charge in [0.1, 0.15) is 0 Å². The van der Waals surface area contributed by atoms with Gasteiger partial charge in [-0.05, 0) is 42.5 Å². The van der Waals surface area contributed by atoms with Gasteiger partial charge >= 0.3 is 0 Å². The number of hydrogen-bond acceptors (Lipinski definition) is 4. The van der Waals surface area contributed by atoms with Crippen molar-refractivity contribution in [1.29, 1.82) is 0 Å². The van der Waals surface area contributed by atoms with E-state index in [4.69, 9.17) is 9.47 Å². The van der Waals surface area contributed by atoms with Crippen molar-refractivity contribution in [3.63, 3.8) is 0 Å². The topological polar surface area (TPSA) is 47.6 Å². The number of halogens is 1. The first kappa shape index (κ1) is 16.7. The Morgan fingerprint density at radius 2 is 1.77 bits per heavy atom. The molecule has 0 unspecified atom stereocenters. The summed E-state index contributed by atoms with van der Waals surface area (Å²) < 4.78 is 11.4. The fourth-order valence-corrected chi connectivity index (χ4v) is 2.78. The molecule has 0 radical (unpaired) electrons. The molecule has 2 aromatic carbocycles. The molecule has 0 fully saturated rings. The number of carbonyl (C=O) groups is 1. The molecule has 0 aromatic heterocycles. The third kappa shape index (κ3) is 4.42. The number of nitrogens with one attached hydrogen (secondary N) is 1. The third-order valence-corrected chi connectivity index (χ3v) is 4.34. The molecule has 4 nitrogen and oxygen atoms in total. The summed E-state index contributed by atoms with van der Waals surface area (Å²) in [5.74, 6) is 1.74. The Balaban J connectivity index is 1.90. The zero-order valence-corrected chi connectivity index (χ0v) is 14.7. The van der Waals surface area contributed by atoms with Gasteiger partial charge in [0.2, 0.25) is 0 Å². The number of methoxy groups -OCH3 is 2. The molecule has 0 spiro atoms. The predicted octanol–water partition coefficient (Wildman–Crippen LogP) is 3.95. The molecule has 0 heterocycles. The first-order valence-electron chi connectivity index (χ1n) is 6.52. The van der Waals surface area contributed by atoms with Gasteiger partial charge in [0.25, 0.3) is 5.91 Å². The van der Waals surface area contributed by atoms with Crippen molar-refractivity contribution in [2.75, 3.05) is 20.1 Å². The molecular weight excluding hydrogens is 366 g/mol. The normalized spacial score (nSPS) is 10.1. The van der Waals surface area contributed by atoms with Crippen molar-refractivity contribution in [2.24, 2.45) is 0 Å². The minimum absolute atomic E-state index is 0.0968. The molecule has 0 saturated heterocycles. The highest BCUT2D eigenvalue weighted by atomic mass is 79.9. The van der Waals surface area contributed by atoms with Crippen molar-refractivity contribution < 1.29 is 14.3 Å². The molecule has 1 N–H and O–H groups in total. The van der Waals surface area contributed by atoms with Crippen LogP contribution in [-0.2, 0) is 0 Å². The molecule has 22 heavy (non-hydrogen) atoms. The maximum atomic E-state index is 12.0. The van der Waals surface area contributed by atoms with Crippen LogP contribution in [0.1, 0.15) is 10.4 Å². The summed E-state index contributed by atoms with van der Waals surface area (Å²) in [5, 5.41) is 2.87. The van der Waals surface area contributed by atoms with Crippen LogP contribution >= 0.6 is 27.7 Å². The zero-order chi connectivity index (χ0) is 15.9. The largest absolute Gasteiger partial charge is 0.493 e. The Hall–Kier alpha value is -1.66. The number of carbonyl (C=O) groups excluding carboxylic acids is 1. The molecule has 116 valence electrons. The minimum Gasteiger partial charge on any atom is -0.493 e. The molecule has 0 bridgehead atoms. The smallest absolute Gasteiger partial charge is 0.251 e. The van der Waals surface area contributed by atoms with Gasteiger partial charge in [-0.15, -0.1) is 11.8 Å². The average molecular weight is 382 g/mol. The van der Waals surface area contributed by atoms with Crippen molar-refractivity contribution in [1.82, 2.24) is 5.32 Å². The van der Waals surface area contributed by atoms with Gasteiger partial charge < -0.3 is 14.8 Å². The van der Waals surface area contributed by atoms with Gasteiger partial charge in [0, 0.05) is 14.9 Å². The summed E-state index contributed by atoms with van der Waals surface area (Å²) in [6, 6.07) is 12.9. The molecule has 0 atom stereocenters. The number of amides is 1. The lowest BCUT2D eigenvalue weighted by molar-refractivity contribution is 0.0961. The Morgan fingerprint density at radius 1 is 1.09 bits per heavy atom. The van der Waals surface area contributed by atoms with E-state index in [1.54, 1.807) is 26.4 Å². The Kier molecular flexibility index (Phi) is 6.15. The Labute approximate surface area is 142 Å². The third-order valence-electron chi connectivity index (χ3n) is 2.93. The van der Waals surface area contributed by atoms with Crippen molar-refractivity contribution >= 4 is 33.6 Å². The van der Waals surface area contributed by atoms with Crippen LogP contribution in [0.5, 0.6) is 11.5 Å². The minimum atomic E-state index is -0.0968. The van der Waals surface area contributed by atoms with E-state index in [9.17, 15) is 4.79 Å². The lowest BCUT2D eigenvalue weighted by atomic mass is 10.2. The van der Waals surface area contributed by atoms with Gasteiger partial charge in [-0.25, -0.2) is 0 Å². The maximum absolute atomic E-state index is 12.0. The van der Waals surface area contributed by atoms with Gasteiger partial charge in [0.15, 0.2) is 11.5 Å². The number of hydrogen-bond donors (Lipinski definition) is 1. The molecular formula is C16H16BrNO3S. The highest BCUT2D eigenvalue weighted by Gasteiger charge is 2.07. The molecule has 1 amide bonds. The van der Waals surface area contributed by atoms with Crippen LogP contribution in [0, 0.1) is 0 Å². The second kappa shape index (κ2) is 8.10. The summed E-state index contributed by atoms with van der Waals surface area (Å²) >= 11 is 4.86. The molecule has 6 heteroatoms. The van der Waals surface area contributed by atoms with Crippen LogP contribution in [0.4, 0.5) is 0 Å². The van der Waals surface area contributed by atoms with Crippen molar-refractivity contribution in [2.45, 2.75) is 4.90 Å². The second-order valence-electron chi connectivity index (χ2n) is 4.32. The SMILES string of the molecule is COc1ccc(SCNC(=O)c2ccc(Br)cc2)cc1OC. The van der Waals surface area contributed by atoms with E-state index in [0.717, 1.165) is 9.37 Å². The van der Waals surface area contributed by atoms with Crippen LogP contribution in [0.25, 0.3) is 0 Å². The molecule has 0 saturated carbocycles. The fraction of sp³-hybridized carbons (Fsp3) is 0.188. The van der Waals surface area contributed by atoms with E-state index < -0.39 is 0 Å². The van der Waals surface area contributed by atoms with Crippen molar-refractivity contribution in [3.05, 3.63) is 52.5 Å². The lowest BCUT2D eigenvalue weighted by Gasteiger charge is -2.10. The summed E-state index contributed by atoms with van der Waals surface area (Å²) in [7, 11) is 3.20. The Bertz CT molecular complexity index is 646. The Morgan fingerprint density at radius 3 is 2.41 bits per heavy atom. The summed E-state index contributed by atoms with van der Waals surface area (Å²) in [4.78, 5) is 13.0. The van der Waals surface area contributed by atoms with E-state index >= 15 is 0 Å². The average Bonchev–Trinajstić information content (AvgIpc) is 2.55. The number of ether oxygens (including phenoxy) is 2. The second-order valence-corrected chi connectivity index (χ2v) is 6.28. The monoisotopic (exact) mass is 381 g/mol. The predicted molar refractivity (Wildman–Crippen MR) is 91.9 cm³/mol. The lowest BCUT2D eigenvalue weighted by Crippen LogP contribution is -2.22. The van der Waals surface area contributed by atoms with Crippen LogP contribution in [0.2, 0.25) is 0 Å². The summed E-state index contributed by atoms with van der Waals surface area (Å²) in [5.41, 5.74) is 0.635. The van der Waals surface area contributed by atoms with Crippen LogP contribution in [0.3, 0.4) is 0 Å². The van der Waals surface area contributed by atoms with E-state index in [0.29, 0.717) is 22.9 Å². The van der Waals surface area contributed by atoms with Gasteiger partial charge in [-0.2, -0.15) is 0 Å². The van der Waals surface area contributed by atoms with E-state index in [1.807, 2.05) is 30.3 Å². The van der Waals surface area contributed by atoms with E-state index in [1.165, 1.54) is 11.8 Å². The molecule has 0 aliphatic carbocycles. The van der Waals surface area contributed by atoms with Crippen LogP contribution in [-0.4, -0.2) is 26.0 Å². The highest BCUT2D eigenvalue weighted by molar-refractivity contribution is 9.10. The summed E-state index contributed by atoms with van der Waals surface area (Å²) in [6.45, 7) is 0. The van der Waals surface area contributed by atoms with E-state index in [-0.39, 0.29) is 5.91 Å². The molecule has 2 rings (SSSR count).